The van der Waals surface area contributed by atoms with Crippen LogP contribution in [0.5, 0.6) is 0 Å². The molecular weight excluding hydrogens is 90.1 g/mol. The fraction of sp³-hybridized carbons (Fsp3) is 0.200. The highest BCUT2D eigenvalue weighted by Gasteiger charge is 1.63. The van der Waals surface area contributed by atoms with Crippen molar-refractivity contribution in [2.75, 3.05) is 0 Å². The maximum atomic E-state index is 9.52. The van der Waals surface area contributed by atoms with Crippen LogP contribution in [0.4, 0.5) is 0 Å². The van der Waals surface area contributed by atoms with Gasteiger partial charge < -0.3 is 5.41 Å². The Morgan fingerprint density at radius 3 is 2.71 bits per heavy atom. The Labute approximate surface area is 42.4 Å². The van der Waals surface area contributed by atoms with Gasteiger partial charge in [0.2, 0.25) is 0 Å². The summed E-state index contributed by atoms with van der Waals surface area (Å²) in [6, 6.07) is 0. The van der Waals surface area contributed by atoms with Crippen LogP contribution in [0.15, 0.2) is 12.2 Å². The number of hydrogen-bond donors (Lipinski definition) is 1. The smallest absolute Gasteiger partial charge is 0.142 e. The van der Waals surface area contributed by atoms with Crippen molar-refractivity contribution in [2.24, 2.45) is 0 Å². The zero-order valence-corrected chi connectivity index (χ0v) is 3.92. The highest BCUT2D eigenvalue weighted by molar-refractivity contribution is 5.66. The Bertz CT molecular complexity index is 86.1. The number of carbonyl (C=O) groups is 1. The van der Waals surface area contributed by atoms with Gasteiger partial charge >= 0.3 is 0 Å². The standard InChI is InChI=1S/C5H7NO/c6-4-2-1-3-5-7/h1,3-6H,2H2. The molecule has 2 nitrogen and oxygen atoms in total. The molecule has 2 heteroatoms. The molecule has 0 rings (SSSR count). The second-order valence-electron chi connectivity index (χ2n) is 1.00. The van der Waals surface area contributed by atoms with Crippen LogP contribution < -0.4 is 0 Å². The number of rotatable bonds is 3. The topological polar surface area (TPSA) is 40.9 Å². The molecule has 0 unspecified atom stereocenters. The fourth-order valence-corrected chi connectivity index (χ4v) is 0.202. The van der Waals surface area contributed by atoms with E-state index < -0.39 is 0 Å². The van der Waals surface area contributed by atoms with Crippen LogP contribution in [-0.2, 0) is 4.79 Å². The Morgan fingerprint density at radius 2 is 2.29 bits per heavy atom. The summed E-state index contributed by atoms with van der Waals surface area (Å²) < 4.78 is 0. The Kier molecular flexibility index (Phi) is 4.41. The molecule has 0 bridgehead atoms. The van der Waals surface area contributed by atoms with Crippen molar-refractivity contribution in [3.8, 4) is 0 Å². The first-order chi connectivity index (χ1) is 3.41. The van der Waals surface area contributed by atoms with Crippen molar-refractivity contribution < 1.29 is 4.79 Å². The lowest BCUT2D eigenvalue weighted by atomic mass is 10.4. The van der Waals surface area contributed by atoms with Gasteiger partial charge in [0.1, 0.15) is 6.29 Å². The molecule has 0 saturated carbocycles. The molecule has 0 saturated heterocycles. The summed E-state index contributed by atoms with van der Waals surface area (Å²) in [4.78, 5) is 9.52. The summed E-state index contributed by atoms with van der Waals surface area (Å²) in [5, 5.41) is 6.49. The minimum absolute atomic E-state index is 0.554. The molecule has 38 valence electrons. The molecule has 7 heavy (non-hydrogen) atoms. The lowest BCUT2D eigenvalue weighted by Crippen LogP contribution is -1.64. The molecule has 0 aliphatic carbocycles. The molecule has 0 heterocycles. The van der Waals surface area contributed by atoms with Crippen molar-refractivity contribution in [3.63, 3.8) is 0 Å². The van der Waals surface area contributed by atoms with Crippen molar-refractivity contribution in [1.82, 2.24) is 0 Å². The zero-order valence-electron chi connectivity index (χ0n) is 3.92. The Morgan fingerprint density at radius 1 is 1.57 bits per heavy atom. The van der Waals surface area contributed by atoms with E-state index in [2.05, 4.69) is 0 Å². The summed E-state index contributed by atoms with van der Waals surface area (Å²) in [5.41, 5.74) is 0. The van der Waals surface area contributed by atoms with E-state index in [4.69, 9.17) is 5.41 Å². The average molecular weight is 97.1 g/mol. The molecular formula is C5H7NO. The van der Waals surface area contributed by atoms with Gasteiger partial charge in [-0.3, -0.25) is 4.79 Å². The minimum atomic E-state index is 0.554. The largest absolute Gasteiger partial charge is 0.313 e. The Balaban J connectivity index is 3.08. The molecule has 0 aromatic rings. The van der Waals surface area contributed by atoms with Gasteiger partial charge in [0, 0.05) is 6.42 Å². The second-order valence-corrected chi connectivity index (χ2v) is 1.00. The van der Waals surface area contributed by atoms with Crippen molar-refractivity contribution >= 4 is 12.5 Å². The number of allylic oxidation sites excluding steroid dienone is 2. The van der Waals surface area contributed by atoms with E-state index in [9.17, 15) is 4.79 Å². The van der Waals surface area contributed by atoms with E-state index in [1.807, 2.05) is 0 Å². The van der Waals surface area contributed by atoms with Gasteiger partial charge in [-0.2, -0.15) is 0 Å². The molecule has 0 aliphatic rings. The molecule has 0 aromatic carbocycles. The third-order valence-corrected chi connectivity index (χ3v) is 0.469. The van der Waals surface area contributed by atoms with Crippen LogP contribution in [0.2, 0.25) is 0 Å². The van der Waals surface area contributed by atoms with Gasteiger partial charge in [-0.15, -0.1) is 0 Å². The summed E-state index contributed by atoms with van der Waals surface area (Å²) in [7, 11) is 0. The normalized spacial score (nSPS) is 9.14. The third-order valence-electron chi connectivity index (χ3n) is 0.469. The highest BCUT2D eigenvalue weighted by Crippen LogP contribution is 1.71. The Hall–Kier alpha value is -0.920. The molecule has 0 aliphatic heterocycles. The van der Waals surface area contributed by atoms with Gasteiger partial charge in [0.25, 0.3) is 0 Å². The van der Waals surface area contributed by atoms with Crippen LogP contribution in [0, 0.1) is 5.41 Å². The average Bonchev–Trinajstić information content (AvgIpc) is 1.69. The fourth-order valence-electron chi connectivity index (χ4n) is 0.202. The highest BCUT2D eigenvalue weighted by atomic mass is 16.1. The first kappa shape index (κ1) is 6.08. The molecule has 0 atom stereocenters. The van der Waals surface area contributed by atoms with Crippen LogP contribution in [0.25, 0.3) is 0 Å². The molecule has 0 aromatic heterocycles. The van der Waals surface area contributed by atoms with Crippen LogP contribution in [0.3, 0.4) is 0 Å². The summed E-state index contributed by atoms with van der Waals surface area (Å²) in [6.45, 7) is 0. The number of nitrogens with one attached hydrogen (secondary N) is 1. The summed E-state index contributed by atoms with van der Waals surface area (Å²) in [6.07, 6.45) is 5.49. The SMILES string of the molecule is N=CCC=CC=O. The number of carbonyl (C=O) groups excluding carboxylic acids is 1. The summed E-state index contributed by atoms with van der Waals surface area (Å²) in [5.74, 6) is 0. The van der Waals surface area contributed by atoms with E-state index >= 15 is 0 Å². The molecule has 0 amide bonds. The van der Waals surface area contributed by atoms with E-state index in [1.54, 1.807) is 6.08 Å². The minimum Gasteiger partial charge on any atom is -0.313 e. The lowest BCUT2D eigenvalue weighted by molar-refractivity contribution is -0.104. The van der Waals surface area contributed by atoms with Crippen molar-refractivity contribution in [2.45, 2.75) is 6.42 Å². The van der Waals surface area contributed by atoms with E-state index in [1.165, 1.54) is 12.3 Å². The van der Waals surface area contributed by atoms with Crippen LogP contribution in [-0.4, -0.2) is 12.5 Å². The molecule has 0 fully saturated rings. The van der Waals surface area contributed by atoms with Gasteiger partial charge in [-0.25, -0.2) is 0 Å². The molecule has 0 radical (unpaired) electrons. The first-order valence-electron chi connectivity index (χ1n) is 2.01. The first-order valence-corrected chi connectivity index (χ1v) is 2.01. The van der Waals surface area contributed by atoms with Crippen LogP contribution in [0.1, 0.15) is 6.42 Å². The van der Waals surface area contributed by atoms with Crippen molar-refractivity contribution in [3.05, 3.63) is 12.2 Å². The predicted octanol–water partition coefficient (Wildman–Crippen LogP) is 0.781. The third kappa shape index (κ3) is 5.08. The van der Waals surface area contributed by atoms with E-state index in [0.717, 1.165) is 0 Å². The van der Waals surface area contributed by atoms with Crippen LogP contribution >= 0.6 is 0 Å². The quantitative estimate of drug-likeness (QED) is 0.315. The number of aldehydes is 1. The number of hydrogen-bond acceptors (Lipinski definition) is 2. The van der Waals surface area contributed by atoms with Crippen molar-refractivity contribution in [1.29, 1.82) is 5.41 Å². The maximum absolute atomic E-state index is 9.52. The van der Waals surface area contributed by atoms with Gasteiger partial charge in [0.05, 0.1) is 0 Å². The lowest BCUT2D eigenvalue weighted by Gasteiger charge is -1.68. The van der Waals surface area contributed by atoms with Gasteiger partial charge in [-0.05, 0) is 12.3 Å². The van der Waals surface area contributed by atoms with E-state index in [0.29, 0.717) is 12.7 Å². The monoisotopic (exact) mass is 97.1 g/mol. The van der Waals surface area contributed by atoms with Gasteiger partial charge in [0.15, 0.2) is 0 Å². The maximum Gasteiger partial charge on any atom is 0.142 e. The predicted molar refractivity (Wildman–Crippen MR) is 28.6 cm³/mol. The summed E-state index contributed by atoms with van der Waals surface area (Å²) >= 11 is 0. The molecule has 0 spiro atoms. The molecule has 1 N–H and O–H groups in total. The zero-order chi connectivity index (χ0) is 5.54. The van der Waals surface area contributed by atoms with Gasteiger partial charge in [-0.1, -0.05) is 6.08 Å². The van der Waals surface area contributed by atoms with E-state index in [-0.39, 0.29) is 0 Å². The second kappa shape index (κ2) is 5.08.